The van der Waals surface area contributed by atoms with Gasteiger partial charge >= 0.3 is 0 Å². The van der Waals surface area contributed by atoms with Crippen molar-refractivity contribution < 1.29 is 14.3 Å². The maximum atomic E-state index is 14.0. The maximum absolute atomic E-state index is 14.0. The predicted molar refractivity (Wildman–Crippen MR) is 132 cm³/mol. The molecule has 33 heavy (non-hydrogen) atoms. The van der Waals surface area contributed by atoms with Crippen LogP contribution in [0.2, 0.25) is 0 Å². The van der Waals surface area contributed by atoms with Crippen molar-refractivity contribution in [2.24, 2.45) is 5.92 Å². The second-order valence-corrected chi connectivity index (χ2v) is 9.71. The molecule has 1 N–H and O–H groups in total. The van der Waals surface area contributed by atoms with Crippen LogP contribution in [0.3, 0.4) is 0 Å². The van der Waals surface area contributed by atoms with Gasteiger partial charge in [-0.3, -0.25) is 4.79 Å². The number of piperidine rings is 2. The summed E-state index contributed by atoms with van der Waals surface area (Å²) in [6.07, 6.45) is 2.90. The summed E-state index contributed by atoms with van der Waals surface area (Å²) in [5.41, 5.74) is 2.14. The Hall–Kier alpha value is -2.53. The largest absolute Gasteiger partial charge is 0.493 e. The molecule has 2 heterocycles. The van der Waals surface area contributed by atoms with Crippen molar-refractivity contribution in [3.05, 3.63) is 59.7 Å². The number of amides is 1. The SMILES string of the molecule is CCOc1c(OC)cccc1C1(C)CCNCC1C(=O)N1CCC(c2ccccc2)CC1C. The highest BCUT2D eigenvalue weighted by Crippen LogP contribution is 2.46. The van der Waals surface area contributed by atoms with Gasteiger partial charge in [0.1, 0.15) is 0 Å². The minimum atomic E-state index is -0.322. The molecular formula is C28H38N2O3. The third-order valence-corrected chi connectivity index (χ3v) is 7.77. The van der Waals surface area contributed by atoms with Crippen molar-refractivity contribution in [1.82, 2.24) is 10.2 Å². The molecule has 178 valence electrons. The van der Waals surface area contributed by atoms with Crippen molar-refractivity contribution in [3.8, 4) is 11.5 Å². The fourth-order valence-corrected chi connectivity index (χ4v) is 5.82. The van der Waals surface area contributed by atoms with Gasteiger partial charge in [0.2, 0.25) is 5.91 Å². The summed E-state index contributed by atoms with van der Waals surface area (Å²) in [5.74, 6) is 2.14. The highest BCUT2D eigenvalue weighted by Gasteiger charge is 2.47. The van der Waals surface area contributed by atoms with Gasteiger partial charge in [-0.15, -0.1) is 0 Å². The normalized spacial score (nSPS) is 27.8. The van der Waals surface area contributed by atoms with E-state index in [4.69, 9.17) is 9.47 Å². The van der Waals surface area contributed by atoms with Gasteiger partial charge in [-0.1, -0.05) is 49.4 Å². The molecule has 4 atom stereocenters. The third-order valence-electron chi connectivity index (χ3n) is 7.77. The first-order valence-corrected chi connectivity index (χ1v) is 12.4. The van der Waals surface area contributed by atoms with E-state index in [1.54, 1.807) is 7.11 Å². The van der Waals surface area contributed by atoms with Crippen molar-refractivity contribution in [2.45, 2.75) is 57.4 Å². The molecule has 2 aromatic rings. The Morgan fingerprint density at radius 3 is 2.67 bits per heavy atom. The highest BCUT2D eigenvalue weighted by atomic mass is 16.5. The summed E-state index contributed by atoms with van der Waals surface area (Å²) in [6.45, 7) is 9.36. The lowest BCUT2D eigenvalue weighted by Gasteiger charge is -2.46. The van der Waals surface area contributed by atoms with Crippen molar-refractivity contribution in [2.75, 3.05) is 33.4 Å². The molecule has 2 aliphatic heterocycles. The first-order valence-electron chi connectivity index (χ1n) is 12.4. The Bertz CT molecular complexity index is 947. The van der Waals surface area contributed by atoms with Crippen LogP contribution in [0.5, 0.6) is 11.5 Å². The zero-order valence-electron chi connectivity index (χ0n) is 20.5. The molecule has 5 heteroatoms. The Morgan fingerprint density at radius 2 is 1.97 bits per heavy atom. The Morgan fingerprint density at radius 1 is 1.18 bits per heavy atom. The van der Waals surface area contributed by atoms with E-state index in [0.29, 0.717) is 19.1 Å². The number of hydrogen-bond acceptors (Lipinski definition) is 4. The number of hydrogen-bond donors (Lipinski definition) is 1. The minimum Gasteiger partial charge on any atom is -0.493 e. The molecule has 4 rings (SSSR count). The van der Waals surface area contributed by atoms with Gasteiger partial charge in [0.25, 0.3) is 0 Å². The van der Waals surface area contributed by atoms with E-state index in [2.05, 4.69) is 60.5 Å². The van der Waals surface area contributed by atoms with Gasteiger partial charge in [0.05, 0.1) is 19.6 Å². The van der Waals surface area contributed by atoms with Crippen molar-refractivity contribution >= 4 is 5.91 Å². The predicted octanol–water partition coefficient (Wildman–Crippen LogP) is 4.76. The van der Waals surface area contributed by atoms with Crippen LogP contribution in [-0.2, 0) is 10.2 Å². The van der Waals surface area contributed by atoms with Gasteiger partial charge < -0.3 is 19.7 Å². The number of para-hydroxylation sites is 1. The Balaban J connectivity index is 1.60. The summed E-state index contributed by atoms with van der Waals surface area (Å²) in [5, 5.41) is 3.49. The molecule has 0 aromatic heterocycles. The van der Waals surface area contributed by atoms with Crippen LogP contribution in [0.1, 0.15) is 57.1 Å². The van der Waals surface area contributed by atoms with Crippen molar-refractivity contribution in [1.29, 1.82) is 0 Å². The second-order valence-electron chi connectivity index (χ2n) is 9.71. The molecule has 1 amide bonds. The lowest BCUT2D eigenvalue weighted by Crippen LogP contribution is -2.56. The minimum absolute atomic E-state index is 0.145. The van der Waals surface area contributed by atoms with E-state index in [0.717, 1.165) is 49.4 Å². The van der Waals surface area contributed by atoms with Gasteiger partial charge in [-0.2, -0.15) is 0 Å². The average Bonchev–Trinajstić information content (AvgIpc) is 2.84. The number of benzene rings is 2. The van der Waals surface area contributed by atoms with E-state index in [1.165, 1.54) is 5.56 Å². The first-order chi connectivity index (χ1) is 16.0. The summed E-state index contributed by atoms with van der Waals surface area (Å²) in [6, 6.07) is 17.0. The van der Waals surface area contributed by atoms with Crippen LogP contribution in [-0.4, -0.2) is 50.2 Å². The highest BCUT2D eigenvalue weighted by molar-refractivity contribution is 5.82. The molecule has 5 nitrogen and oxygen atoms in total. The molecule has 0 radical (unpaired) electrons. The first kappa shape index (κ1) is 23.6. The number of carbonyl (C=O) groups is 1. The molecule has 0 bridgehead atoms. The zero-order chi connectivity index (χ0) is 23.4. The molecule has 2 saturated heterocycles. The summed E-state index contributed by atoms with van der Waals surface area (Å²) < 4.78 is 11.7. The van der Waals surface area contributed by atoms with Gasteiger partial charge in [-0.05, 0) is 57.2 Å². The van der Waals surface area contributed by atoms with E-state index in [-0.39, 0.29) is 23.3 Å². The Labute approximate surface area is 198 Å². The smallest absolute Gasteiger partial charge is 0.228 e. The van der Waals surface area contributed by atoms with E-state index in [1.807, 2.05) is 19.1 Å². The molecule has 0 aliphatic carbocycles. The van der Waals surface area contributed by atoms with Gasteiger partial charge in [0, 0.05) is 30.1 Å². The molecule has 0 saturated carbocycles. The number of methoxy groups -OCH3 is 1. The van der Waals surface area contributed by atoms with E-state index >= 15 is 0 Å². The molecule has 4 unspecified atom stereocenters. The van der Waals surface area contributed by atoms with Crippen LogP contribution in [0.25, 0.3) is 0 Å². The quantitative estimate of drug-likeness (QED) is 0.690. The average molecular weight is 451 g/mol. The second kappa shape index (κ2) is 10.2. The number of rotatable bonds is 6. The standard InChI is InChI=1S/C28H38N2O3/c1-5-33-26-23(12-9-13-25(26)32-4)28(3)15-16-29-19-24(28)27(31)30-17-14-22(18-20(30)2)21-10-7-6-8-11-21/h6-13,20,22,24,29H,5,14-19H2,1-4H3. The fraction of sp³-hybridized carbons (Fsp3) is 0.536. The van der Waals surface area contributed by atoms with Crippen molar-refractivity contribution in [3.63, 3.8) is 0 Å². The zero-order valence-corrected chi connectivity index (χ0v) is 20.5. The molecule has 2 aliphatic rings. The molecule has 0 spiro atoms. The number of carbonyl (C=O) groups excluding carboxylic acids is 1. The van der Waals surface area contributed by atoms with E-state index in [9.17, 15) is 4.79 Å². The third kappa shape index (κ3) is 4.61. The summed E-state index contributed by atoms with van der Waals surface area (Å²) in [4.78, 5) is 16.2. The summed E-state index contributed by atoms with van der Waals surface area (Å²) >= 11 is 0. The summed E-state index contributed by atoms with van der Waals surface area (Å²) in [7, 11) is 1.67. The Kier molecular flexibility index (Phi) is 7.28. The van der Waals surface area contributed by atoms with Crippen LogP contribution < -0.4 is 14.8 Å². The fourth-order valence-electron chi connectivity index (χ4n) is 5.82. The van der Waals surface area contributed by atoms with Crippen LogP contribution in [0.4, 0.5) is 0 Å². The molecular weight excluding hydrogens is 412 g/mol. The number of ether oxygens (including phenoxy) is 2. The number of nitrogens with zero attached hydrogens (tertiary/aromatic N) is 1. The van der Waals surface area contributed by atoms with Crippen LogP contribution in [0.15, 0.2) is 48.5 Å². The van der Waals surface area contributed by atoms with Crippen LogP contribution >= 0.6 is 0 Å². The van der Waals surface area contributed by atoms with E-state index < -0.39 is 0 Å². The maximum Gasteiger partial charge on any atom is 0.228 e. The number of nitrogens with one attached hydrogen (secondary N) is 1. The molecule has 2 aromatic carbocycles. The topological polar surface area (TPSA) is 50.8 Å². The van der Waals surface area contributed by atoms with Gasteiger partial charge in [-0.25, -0.2) is 0 Å². The van der Waals surface area contributed by atoms with Gasteiger partial charge in [0.15, 0.2) is 11.5 Å². The monoisotopic (exact) mass is 450 g/mol. The lowest BCUT2D eigenvalue weighted by molar-refractivity contribution is -0.142. The lowest BCUT2D eigenvalue weighted by atomic mass is 9.66. The molecule has 2 fully saturated rings. The van der Waals surface area contributed by atoms with Crippen LogP contribution in [0, 0.1) is 5.92 Å². The number of likely N-dealkylation sites (tertiary alicyclic amines) is 1.